The molecule has 2 aromatic rings. The van der Waals surface area contributed by atoms with Gasteiger partial charge in [0.05, 0.1) is 0 Å². The molecule has 3 nitrogen and oxygen atoms in total. The van der Waals surface area contributed by atoms with E-state index in [1.54, 1.807) is 6.92 Å². The predicted molar refractivity (Wildman–Crippen MR) is 88.8 cm³/mol. The molecule has 2 rings (SSSR count). The quantitative estimate of drug-likeness (QED) is 0.699. The van der Waals surface area contributed by atoms with Crippen LogP contribution in [0.4, 0.5) is 0 Å². The summed E-state index contributed by atoms with van der Waals surface area (Å²) in [5.41, 5.74) is 4.25. The van der Waals surface area contributed by atoms with Crippen molar-refractivity contribution in [2.24, 2.45) is 0 Å². The number of hydrogen-bond donors (Lipinski definition) is 1. The van der Waals surface area contributed by atoms with E-state index in [1.165, 1.54) is 0 Å². The molecule has 21 heavy (non-hydrogen) atoms. The van der Waals surface area contributed by atoms with Crippen molar-refractivity contribution in [3.63, 3.8) is 0 Å². The Morgan fingerprint density at radius 3 is 2.14 bits per heavy atom. The molecule has 2 aromatic carbocycles. The van der Waals surface area contributed by atoms with Crippen LogP contribution in [0.5, 0.6) is 0 Å². The van der Waals surface area contributed by atoms with Crippen molar-refractivity contribution in [2.45, 2.75) is 20.8 Å². The Labute approximate surface area is 137 Å². The summed E-state index contributed by atoms with van der Waals surface area (Å²) in [5.74, 6) is 0. The standard InChI is InChI=1S/C16H17O3P.Li.H/c1-10-9-11(2)15(16(17)20(18)19)12(3)14(10)13-7-5-4-6-8-13;;/h4-9,20H,1-3H3,(H,18,19);;. The third-order valence-corrected chi connectivity index (χ3v) is 4.09. The van der Waals surface area contributed by atoms with Gasteiger partial charge in [0.1, 0.15) is 0 Å². The van der Waals surface area contributed by atoms with Crippen molar-refractivity contribution in [1.82, 2.24) is 0 Å². The first-order valence-electron chi connectivity index (χ1n) is 6.37. The molecule has 1 N–H and O–H groups in total. The summed E-state index contributed by atoms with van der Waals surface area (Å²) < 4.78 is 11.2. The normalized spacial score (nSPS) is 11.6. The van der Waals surface area contributed by atoms with E-state index in [0.29, 0.717) is 5.56 Å². The Kier molecular flexibility index (Phi) is 6.20. The van der Waals surface area contributed by atoms with Gasteiger partial charge in [-0.25, -0.2) is 0 Å². The number of carbonyl (C=O) groups excluding carboxylic acids is 1. The van der Waals surface area contributed by atoms with Gasteiger partial charge in [0, 0.05) is 5.56 Å². The minimum atomic E-state index is -3.21. The van der Waals surface area contributed by atoms with Crippen LogP contribution in [-0.4, -0.2) is 29.3 Å². The fourth-order valence-corrected chi connectivity index (χ4v) is 3.29. The first-order valence-corrected chi connectivity index (χ1v) is 7.73. The molecule has 0 heterocycles. The zero-order valence-corrected chi connectivity index (χ0v) is 12.7. The van der Waals surface area contributed by atoms with E-state index in [2.05, 4.69) is 0 Å². The van der Waals surface area contributed by atoms with Gasteiger partial charge in [0.15, 0.2) is 0 Å². The number of benzene rings is 2. The fourth-order valence-electron chi connectivity index (χ4n) is 2.69. The molecule has 0 fully saturated rings. The van der Waals surface area contributed by atoms with Crippen LogP contribution in [-0.2, 0) is 4.57 Å². The third-order valence-electron chi connectivity index (χ3n) is 3.46. The SMILES string of the molecule is Cc1cc(C)c(-c2ccccc2)c(C)c1C(=O)[PH](=O)O.[LiH]. The van der Waals surface area contributed by atoms with Crippen molar-refractivity contribution < 1.29 is 14.3 Å². The van der Waals surface area contributed by atoms with Gasteiger partial charge in [-0.1, -0.05) is 36.4 Å². The van der Waals surface area contributed by atoms with Gasteiger partial charge in [0.2, 0.25) is 5.52 Å². The van der Waals surface area contributed by atoms with Crippen molar-refractivity contribution in [3.8, 4) is 11.1 Å². The van der Waals surface area contributed by atoms with Crippen molar-refractivity contribution in [1.29, 1.82) is 0 Å². The second kappa shape index (κ2) is 7.25. The van der Waals surface area contributed by atoms with Crippen LogP contribution >= 0.6 is 8.03 Å². The summed E-state index contributed by atoms with van der Waals surface area (Å²) in [4.78, 5) is 21.1. The van der Waals surface area contributed by atoms with Gasteiger partial charge in [-0.15, -0.1) is 0 Å². The van der Waals surface area contributed by atoms with Crippen molar-refractivity contribution in [2.75, 3.05) is 0 Å². The van der Waals surface area contributed by atoms with Gasteiger partial charge in [0.25, 0.3) is 8.03 Å². The molecule has 0 amide bonds. The predicted octanol–water partition coefficient (Wildman–Crippen LogP) is 3.24. The summed E-state index contributed by atoms with van der Waals surface area (Å²) in [7, 11) is -3.21. The van der Waals surface area contributed by atoms with E-state index in [9.17, 15) is 9.36 Å². The number of carbonyl (C=O) groups is 1. The van der Waals surface area contributed by atoms with Crippen LogP contribution in [0.3, 0.4) is 0 Å². The van der Waals surface area contributed by atoms with E-state index >= 15 is 0 Å². The molecule has 0 saturated carbocycles. The van der Waals surface area contributed by atoms with Crippen LogP contribution in [0.2, 0.25) is 0 Å². The number of hydrogen-bond acceptors (Lipinski definition) is 2. The average Bonchev–Trinajstić information content (AvgIpc) is 2.39. The summed E-state index contributed by atoms with van der Waals surface area (Å²) in [6.07, 6.45) is 0. The van der Waals surface area contributed by atoms with E-state index < -0.39 is 13.6 Å². The first kappa shape index (κ1) is 17.9. The molecule has 106 valence electrons. The summed E-state index contributed by atoms with van der Waals surface area (Å²) in [5, 5.41) is 0. The van der Waals surface area contributed by atoms with E-state index in [-0.39, 0.29) is 18.9 Å². The first-order chi connectivity index (χ1) is 9.43. The molecular formula is C16H18LiO3P. The zero-order chi connectivity index (χ0) is 14.9. The molecule has 5 heteroatoms. The molecule has 0 aliphatic carbocycles. The van der Waals surface area contributed by atoms with E-state index in [4.69, 9.17) is 4.89 Å². The monoisotopic (exact) mass is 296 g/mol. The van der Waals surface area contributed by atoms with E-state index in [1.807, 2.05) is 50.2 Å². The second-order valence-corrected chi connectivity index (χ2v) is 5.95. The van der Waals surface area contributed by atoms with Gasteiger partial charge >= 0.3 is 18.9 Å². The van der Waals surface area contributed by atoms with Crippen LogP contribution in [0.15, 0.2) is 36.4 Å². The second-order valence-electron chi connectivity index (χ2n) is 4.89. The average molecular weight is 296 g/mol. The molecule has 0 bridgehead atoms. The maximum atomic E-state index is 12.0. The molecule has 0 aliphatic rings. The Bertz CT molecular complexity index is 696. The van der Waals surface area contributed by atoms with Crippen molar-refractivity contribution >= 4 is 32.4 Å². The zero-order valence-electron chi connectivity index (χ0n) is 11.7. The number of aryl methyl sites for hydroxylation is 2. The molecule has 0 aliphatic heterocycles. The van der Waals surface area contributed by atoms with Crippen molar-refractivity contribution in [3.05, 3.63) is 58.7 Å². The molecule has 0 radical (unpaired) electrons. The molecule has 0 saturated heterocycles. The van der Waals surface area contributed by atoms with Crippen LogP contribution in [0, 0.1) is 20.8 Å². The Hall–Kier alpha value is -1.10. The molecule has 0 aromatic heterocycles. The molecular weight excluding hydrogens is 278 g/mol. The topological polar surface area (TPSA) is 54.4 Å². The van der Waals surface area contributed by atoms with Crippen LogP contribution < -0.4 is 0 Å². The fraction of sp³-hybridized carbons (Fsp3) is 0.188. The summed E-state index contributed by atoms with van der Waals surface area (Å²) >= 11 is 0. The van der Waals surface area contributed by atoms with Crippen LogP contribution in [0.1, 0.15) is 27.0 Å². The molecule has 1 unspecified atom stereocenters. The maximum absolute atomic E-state index is 12.0. The van der Waals surface area contributed by atoms with Crippen LogP contribution in [0.25, 0.3) is 11.1 Å². The minimum absolute atomic E-state index is 0. The summed E-state index contributed by atoms with van der Waals surface area (Å²) in [6, 6.07) is 11.6. The Morgan fingerprint density at radius 1 is 1.05 bits per heavy atom. The molecule has 0 spiro atoms. The van der Waals surface area contributed by atoms with Gasteiger partial charge in [-0.2, -0.15) is 0 Å². The Morgan fingerprint density at radius 2 is 1.62 bits per heavy atom. The van der Waals surface area contributed by atoms with E-state index in [0.717, 1.165) is 27.8 Å². The summed E-state index contributed by atoms with van der Waals surface area (Å²) in [6.45, 7) is 5.62. The van der Waals surface area contributed by atoms with Gasteiger partial charge in [-0.3, -0.25) is 9.36 Å². The van der Waals surface area contributed by atoms with Gasteiger partial charge in [-0.05, 0) is 48.6 Å². The number of rotatable bonds is 3. The molecule has 1 atom stereocenters. The third kappa shape index (κ3) is 3.57. The Balaban J connectivity index is 0.00000220. The van der Waals surface area contributed by atoms with Gasteiger partial charge < -0.3 is 4.89 Å².